The normalized spacial score (nSPS) is 14.6. The number of rotatable bonds is 3. The summed E-state index contributed by atoms with van der Waals surface area (Å²) in [6.07, 6.45) is 0. The fourth-order valence-corrected chi connectivity index (χ4v) is 2.60. The van der Waals surface area contributed by atoms with Crippen LogP contribution in [0.4, 0.5) is 11.4 Å². The molecule has 1 N–H and O–H groups in total. The molecule has 0 bridgehead atoms. The van der Waals surface area contributed by atoms with E-state index in [-0.39, 0.29) is 16.4 Å². The van der Waals surface area contributed by atoms with E-state index in [0.717, 1.165) is 5.75 Å². The molecular formula is C11H11N3O4S. The highest BCUT2D eigenvalue weighted by atomic mass is 32.2. The molecule has 100 valence electrons. The molecule has 0 atom stereocenters. The van der Waals surface area contributed by atoms with E-state index in [2.05, 4.69) is 4.74 Å². The summed E-state index contributed by atoms with van der Waals surface area (Å²) < 4.78 is 4.54. The first-order valence-corrected chi connectivity index (χ1v) is 6.39. The number of nitrogens with one attached hydrogen (secondary N) is 1. The summed E-state index contributed by atoms with van der Waals surface area (Å²) in [5.74, 6) is 0.0925. The Morgan fingerprint density at radius 2 is 2.32 bits per heavy atom. The van der Waals surface area contributed by atoms with E-state index in [1.807, 2.05) is 0 Å². The van der Waals surface area contributed by atoms with Crippen molar-refractivity contribution in [3.8, 4) is 0 Å². The van der Waals surface area contributed by atoms with Crippen molar-refractivity contribution in [2.24, 2.45) is 0 Å². The average Bonchev–Trinajstić information content (AvgIpc) is 2.83. The molecule has 0 aliphatic carbocycles. The fraction of sp³-hybridized carbons (Fsp3) is 0.273. The molecule has 0 aromatic heterocycles. The monoisotopic (exact) mass is 281 g/mol. The van der Waals surface area contributed by atoms with Gasteiger partial charge in [-0.2, -0.15) is 0 Å². The minimum atomic E-state index is -0.625. The Hall–Kier alpha value is -2.09. The van der Waals surface area contributed by atoms with Crippen LogP contribution in [0.3, 0.4) is 0 Å². The molecule has 1 fully saturated rings. The minimum Gasteiger partial charge on any atom is -0.465 e. The van der Waals surface area contributed by atoms with Crippen molar-refractivity contribution in [1.29, 1.82) is 5.41 Å². The van der Waals surface area contributed by atoms with E-state index in [1.165, 1.54) is 37.1 Å². The summed E-state index contributed by atoms with van der Waals surface area (Å²) in [4.78, 5) is 23.5. The molecule has 1 aliphatic rings. The SMILES string of the molecule is COC(=O)c1ccc(N2CCSC2=N)c([N+](=O)[O-])c1. The van der Waals surface area contributed by atoms with Gasteiger partial charge in [-0.3, -0.25) is 15.5 Å². The van der Waals surface area contributed by atoms with Crippen LogP contribution in [-0.4, -0.2) is 35.5 Å². The minimum absolute atomic E-state index is 0.122. The molecule has 0 spiro atoms. The van der Waals surface area contributed by atoms with Gasteiger partial charge in [0.05, 0.1) is 17.6 Å². The Labute approximate surface area is 113 Å². The largest absolute Gasteiger partial charge is 0.465 e. The molecule has 2 rings (SSSR count). The third kappa shape index (κ3) is 2.53. The maximum Gasteiger partial charge on any atom is 0.338 e. The highest BCUT2D eigenvalue weighted by Gasteiger charge is 2.27. The molecule has 0 saturated carbocycles. The zero-order valence-electron chi connectivity index (χ0n) is 10.1. The second kappa shape index (κ2) is 5.27. The first-order chi connectivity index (χ1) is 9.04. The second-order valence-corrected chi connectivity index (χ2v) is 4.84. The number of amidine groups is 1. The van der Waals surface area contributed by atoms with Crippen LogP contribution in [0.25, 0.3) is 0 Å². The lowest BCUT2D eigenvalue weighted by Gasteiger charge is -2.16. The lowest BCUT2D eigenvalue weighted by atomic mass is 10.1. The number of anilines is 1. The van der Waals surface area contributed by atoms with E-state index in [4.69, 9.17) is 5.41 Å². The van der Waals surface area contributed by atoms with Gasteiger partial charge in [0.1, 0.15) is 5.69 Å². The van der Waals surface area contributed by atoms with Crippen molar-refractivity contribution in [1.82, 2.24) is 0 Å². The van der Waals surface area contributed by atoms with Gasteiger partial charge in [0.25, 0.3) is 5.69 Å². The highest BCUT2D eigenvalue weighted by molar-refractivity contribution is 8.14. The van der Waals surface area contributed by atoms with Crippen LogP contribution in [0, 0.1) is 15.5 Å². The summed E-state index contributed by atoms with van der Waals surface area (Å²) in [7, 11) is 1.22. The van der Waals surface area contributed by atoms with Crippen LogP contribution in [0.2, 0.25) is 0 Å². The van der Waals surface area contributed by atoms with E-state index in [1.54, 1.807) is 4.90 Å². The van der Waals surface area contributed by atoms with Gasteiger partial charge in [-0.05, 0) is 12.1 Å². The first-order valence-electron chi connectivity index (χ1n) is 5.40. The molecule has 0 radical (unpaired) electrons. The van der Waals surface area contributed by atoms with Crippen molar-refractivity contribution in [2.45, 2.75) is 0 Å². The zero-order chi connectivity index (χ0) is 14.0. The van der Waals surface area contributed by atoms with E-state index in [9.17, 15) is 14.9 Å². The molecule has 0 unspecified atom stereocenters. The van der Waals surface area contributed by atoms with E-state index >= 15 is 0 Å². The molecule has 0 amide bonds. The molecule has 19 heavy (non-hydrogen) atoms. The Morgan fingerprint density at radius 3 is 2.84 bits per heavy atom. The highest BCUT2D eigenvalue weighted by Crippen LogP contribution is 2.33. The van der Waals surface area contributed by atoms with Crippen LogP contribution >= 0.6 is 11.8 Å². The maximum absolute atomic E-state index is 11.4. The molecular weight excluding hydrogens is 270 g/mol. The van der Waals surface area contributed by atoms with Crippen LogP contribution < -0.4 is 4.90 Å². The number of carbonyl (C=O) groups is 1. The van der Waals surface area contributed by atoms with Gasteiger partial charge in [-0.25, -0.2) is 4.79 Å². The van der Waals surface area contributed by atoms with Gasteiger partial charge in [0.2, 0.25) is 0 Å². The fourth-order valence-electron chi connectivity index (χ4n) is 1.79. The predicted molar refractivity (Wildman–Crippen MR) is 72.0 cm³/mol. The predicted octanol–water partition coefficient (Wildman–Crippen LogP) is 1.87. The van der Waals surface area contributed by atoms with Crippen LogP contribution in [-0.2, 0) is 4.74 Å². The number of ether oxygens (including phenoxy) is 1. The number of nitrogens with zero attached hydrogens (tertiary/aromatic N) is 2. The summed E-state index contributed by atoms with van der Waals surface area (Å²) >= 11 is 1.33. The first kappa shape index (κ1) is 13.3. The van der Waals surface area contributed by atoms with Gasteiger partial charge in [-0.1, -0.05) is 11.8 Å². The zero-order valence-corrected chi connectivity index (χ0v) is 10.9. The van der Waals surface area contributed by atoms with E-state index in [0.29, 0.717) is 12.2 Å². The lowest BCUT2D eigenvalue weighted by Crippen LogP contribution is -2.23. The van der Waals surface area contributed by atoms with Crippen molar-refractivity contribution < 1.29 is 14.5 Å². The summed E-state index contributed by atoms with van der Waals surface area (Å²) in [5, 5.41) is 19.1. The van der Waals surface area contributed by atoms with Crippen LogP contribution in [0.15, 0.2) is 18.2 Å². The lowest BCUT2D eigenvalue weighted by molar-refractivity contribution is -0.384. The number of hydrogen-bond acceptors (Lipinski definition) is 6. The number of nitro benzene ring substituents is 1. The Kier molecular flexibility index (Phi) is 3.70. The van der Waals surface area contributed by atoms with Crippen molar-refractivity contribution in [3.05, 3.63) is 33.9 Å². The number of thioether (sulfide) groups is 1. The number of esters is 1. The number of methoxy groups -OCH3 is 1. The molecule has 1 saturated heterocycles. The Bertz CT molecular complexity index is 561. The smallest absolute Gasteiger partial charge is 0.338 e. The summed E-state index contributed by atoms with van der Waals surface area (Å²) in [6, 6.07) is 4.12. The number of nitro groups is 1. The van der Waals surface area contributed by atoms with Gasteiger partial charge >= 0.3 is 5.97 Å². The van der Waals surface area contributed by atoms with Gasteiger partial charge in [0.15, 0.2) is 5.17 Å². The van der Waals surface area contributed by atoms with Gasteiger partial charge < -0.3 is 9.64 Å². The molecule has 1 aromatic carbocycles. The average molecular weight is 281 g/mol. The Morgan fingerprint density at radius 1 is 1.58 bits per heavy atom. The molecule has 1 heterocycles. The number of carbonyl (C=O) groups excluding carboxylic acids is 1. The van der Waals surface area contributed by atoms with Gasteiger partial charge in [-0.15, -0.1) is 0 Å². The number of hydrogen-bond donors (Lipinski definition) is 1. The quantitative estimate of drug-likeness (QED) is 0.516. The second-order valence-electron chi connectivity index (χ2n) is 3.76. The molecule has 1 aliphatic heterocycles. The van der Waals surface area contributed by atoms with Crippen molar-refractivity contribution >= 4 is 34.3 Å². The maximum atomic E-state index is 11.4. The number of benzene rings is 1. The van der Waals surface area contributed by atoms with Gasteiger partial charge in [0, 0.05) is 18.4 Å². The summed E-state index contributed by atoms with van der Waals surface area (Å²) in [5.41, 5.74) is 0.249. The van der Waals surface area contributed by atoms with Crippen molar-refractivity contribution in [3.63, 3.8) is 0 Å². The Balaban J connectivity index is 2.46. The third-order valence-electron chi connectivity index (χ3n) is 2.68. The molecule has 7 nitrogen and oxygen atoms in total. The topological polar surface area (TPSA) is 96.5 Å². The van der Waals surface area contributed by atoms with Crippen molar-refractivity contribution in [2.75, 3.05) is 24.3 Å². The third-order valence-corrected chi connectivity index (χ3v) is 3.56. The summed E-state index contributed by atoms with van der Waals surface area (Å²) in [6.45, 7) is 0.544. The van der Waals surface area contributed by atoms with Crippen LogP contribution in [0.1, 0.15) is 10.4 Å². The standard InChI is InChI=1S/C11H11N3O4S/c1-18-10(15)7-2-3-8(9(6-7)14(16)17)13-4-5-19-11(13)12/h2-3,6,12H,4-5H2,1H3. The van der Waals surface area contributed by atoms with Crippen LogP contribution in [0.5, 0.6) is 0 Å². The molecule has 8 heteroatoms. The van der Waals surface area contributed by atoms with E-state index < -0.39 is 10.9 Å². The molecule has 1 aromatic rings.